The fourth-order valence-electron chi connectivity index (χ4n) is 5.13. The third kappa shape index (κ3) is 4.10. The maximum absolute atomic E-state index is 14.0. The van der Waals surface area contributed by atoms with E-state index in [0.717, 1.165) is 43.6 Å². The fourth-order valence-corrected chi connectivity index (χ4v) is 5.13. The number of anilines is 1. The number of rotatable bonds is 4. The summed E-state index contributed by atoms with van der Waals surface area (Å²) >= 11 is 0. The lowest BCUT2D eigenvalue weighted by Crippen LogP contribution is -2.57. The molecule has 32 heavy (non-hydrogen) atoms. The number of ether oxygens (including phenoxy) is 1. The SMILES string of the molecule is CCN1C(=O)N(c2cc(F)cc(C(F)(F)F)c2)C(=O)C12CCN(CC1CCOCC1)CC2. The lowest BCUT2D eigenvalue weighted by atomic mass is 9.85. The normalized spacial score (nSPS) is 22.9. The molecule has 3 heterocycles. The third-order valence-electron chi connectivity index (χ3n) is 6.86. The summed E-state index contributed by atoms with van der Waals surface area (Å²) in [5.41, 5.74) is -2.72. The lowest BCUT2D eigenvalue weighted by Gasteiger charge is -2.43. The predicted octanol–water partition coefficient (Wildman–Crippen LogP) is 3.89. The number of likely N-dealkylation sites (tertiary alicyclic amines) is 1. The molecule has 0 atom stereocenters. The van der Waals surface area contributed by atoms with Crippen LogP contribution in [0.2, 0.25) is 0 Å². The molecule has 1 aromatic carbocycles. The molecule has 0 bridgehead atoms. The number of halogens is 4. The van der Waals surface area contributed by atoms with E-state index in [-0.39, 0.29) is 12.2 Å². The first kappa shape index (κ1) is 23.0. The van der Waals surface area contributed by atoms with Gasteiger partial charge in [0.15, 0.2) is 0 Å². The molecular formula is C22H27F4N3O3. The van der Waals surface area contributed by atoms with E-state index in [0.29, 0.717) is 44.0 Å². The van der Waals surface area contributed by atoms with Gasteiger partial charge in [-0.15, -0.1) is 0 Å². The van der Waals surface area contributed by atoms with Crippen molar-refractivity contribution in [2.24, 2.45) is 5.92 Å². The number of carbonyl (C=O) groups excluding carboxylic acids is 2. The first-order valence-electron chi connectivity index (χ1n) is 11.0. The van der Waals surface area contributed by atoms with E-state index in [2.05, 4.69) is 4.90 Å². The molecule has 3 aliphatic rings. The Morgan fingerprint density at radius 3 is 2.34 bits per heavy atom. The number of alkyl halides is 3. The van der Waals surface area contributed by atoms with Crippen molar-refractivity contribution in [3.8, 4) is 0 Å². The summed E-state index contributed by atoms with van der Waals surface area (Å²) in [6, 6.07) is 1.12. The third-order valence-corrected chi connectivity index (χ3v) is 6.86. The number of likely N-dealkylation sites (N-methyl/N-ethyl adjacent to an activating group) is 1. The quantitative estimate of drug-likeness (QED) is 0.509. The van der Waals surface area contributed by atoms with E-state index in [1.807, 2.05) is 0 Å². The van der Waals surface area contributed by atoms with Crippen molar-refractivity contribution < 1.29 is 31.9 Å². The van der Waals surface area contributed by atoms with E-state index in [4.69, 9.17) is 4.74 Å². The summed E-state index contributed by atoms with van der Waals surface area (Å²) in [5, 5.41) is 0. The number of urea groups is 1. The number of hydrogen-bond acceptors (Lipinski definition) is 4. The van der Waals surface area contributed by atoms with Crippen molar-refractivity contribution in [2.45, 2.75) is 44.3 Å². The van der Waals surface area contributed by atoms with Gasteiger partial charge >= 0.3 is 12.2 Å². The summed E-state index contributed by atoms with van der Waals surface area (Å²) < 4.78 is 58.9. The van der Waals surface area contributed by atoms with Crippen LogP contribution >= 0.6 is 0 Å². The minimum absolute atomic E-state index is 0.239. The number of amides is 3. The van der Waals surface area contributed by atoms with E-state index in [1.165, 1.54) is 4.90 Å². The van der Waals surface area contributed by atoms with E-state index in [9.17, 15) is 27.2 Å². The minimum atomic E-state index is -4.79. The Balaban J connectivity index is 1.56. The predicted molar refractivity (Wildman–Crippen MR) is 109 cm³/mol. The Hall–Kier alpha value is -2.20. The Morgan fingerprint density at radius 2 is 1.75 bits per heavy atom. The van der Waals surface area contributed by atoms with Gasteiger partial charge in [0.25, 0.3) is 5.91 Å². The Bertz CT molecular complexity index is 878. The van der Waals surface area contributed by atoms with Crippen LogP contribution in [0.5, 0.6) is 0 Å². The molecule has 176 valence electrons. The second-order valence-corrected chi connectivity index (χ2v) is 8.75. The topological polar surface area (TPSA) is 53.1 Å². The molecule has 3 fully saturated rings. The van der Waals surface area contributed by atoms with Gasteiger partial charge in [-0.3, -0.25) is 4.79 Å². The first-order valence-corrected chi connectivity index (χ1v) is 11.0. The molecule has 3 aliphatic heterocycles. The number of nitrogens with zero attached hydrogens (tertiary/aromatic N) is 3. The molecule has 0 aliphatic carbocycles. The zero-order valence-corrected chi connectivity index (χ0v) is 18.0. The highest BCUT2D eigenvalue weighted by Crippen LogP contribution is 2.41. The van der Waals surface area contributed by atoms with E-state index in [1.54, 1.807) is 6.92 Å². The molecular weight excluding hydrogens is 430 g/mol. The molecule has 0 saturated carbocycles. The number of imide groups is 1. The largest absolute Gasteiger partial charge is 0.416 e. The van der Waals surface area contributed by atoms with Crippen LogP contribution in [0.1, 0.15) is 38.2 Å². The molecule has 0 aromatic heterocycles. The molecule has 1 aromatic rings. The molecule has 0 N–H and O–H groups in total. The standard InChI is InChI=1S/C22H27F4N3O3/c1-2-28-20(31)29(18-12-16(22(24,25)26)11-17(23)13-18)19(30)21(28)5-7-27(8-6-21)14-15-3-9-32-10-4-15/h11-13,15H,2-10,14H2,1H3. The summed E-state index contributed by atoms with van der Waals surface area (Å²) in [6.07, 6.45) is -2.01. The number of hydrogen-bond donors (Lipinski definition) is 0. The Morgan fingerprint density at radius 1 is 1.09 bits per heavy atom. The molecule has 3 amide bonds. The van der Waals surface area contributed by atoms with E-state index >= 15 is 0 Å². The second kappa shape index (κ2) is 8.62. The van der Waals surface area contributed by atoms with Gasteiger partial charge in [-0.2, -0.15) is 13.2 Å². The molecule has 4 rings (SSSR count). The van der Waals surface area contributed by atoms with Crippen LogP contribution in [0, 0.1) is 11.7 Å². The van der Waals surface area contributed by atoms with Crippen LogP contribution < -0.4 is 4.90 Å². The van der Waals surface area contributed by atoms with Gasteiger partial charge < -0.3 is 14.5 Å². The van der Waals surface area contributed by atoms with Crippen molar-refractivity contribution in [1.29, 1.82) is 0 Å². The van der Waals surface area contributed by atoms with Gasteiger partial charge in [0.2, 0.25) is 0 Å². The zero-order valence-electron chi connectivity index (χ0n) is 18.0. The maximum Gasteiger partial charge on any atom is 0.416 e. The molecule has 0 unspecified atom stereocenters. The lowest BCUT2D eigenvalue weighted by molar-refractivity contribution is -0.137. The van der Waals surface area contributed by atoms with Crippen LogP contribution in [0.4, 0.5) is 28.0 Å². The molecule has 1 spiro atoms. The smallest absolute Gasteiger partial charge is 0.381 e. The number of carbonyl (C=O) groups is 2. The molecule has 6 nitrogen and oxygen atoms in total. The molecule has 0 radical (unpaired) electrons. The van der Waals surface area contributed by atoms with Crippen LogP contribution in [-0.4, -0.2) is 66.7 Å². The summed E-state index contributed by atoms with van der Waals surface area (Å²) in [6.45, 7) is 5.59. The first-order chi connectivity index (χ1) is 15.2. The fraction of sp³-hybridized carbons (Fsp3) is 0.636. The van der Waals surface area contributed by atoms with Crippen molar-refractivity contribution in [2.75, 3.05) is 44.3 Å². The molecule has 3 saturated heterocycles. The van der Waals surface area contributed by atoms with Crippen molar-refractivity contribution in [3.05, 3.63) is 29.6 Å². The van der Waals surface area contributed by atoms with Gasteiger partial charge in [0.05, 0.1) is 11.3 Å². The van der Waals surface area contributed by atoms with Gasteiger partial charge in [0.1, 0.15) is 11.4 Å². The maximum atomic E-state index is 14.0. The highest BCUT2D eigenvalue weighted by molar-refractivity contribution is 6.23. The summed E-state index contributed by atoms with van der Waals surface area (Å²) in [4.78, 5) is 31.0. The minimum Gasteiger partial charge on any atom is -0.381 e. The number of piperidine rings is 1. The summed E-state index contributed by atoms with van der Waals surface area (Å²) in [5.74, 6) is -1.19. The van der Waals surface area contributed by atoms with Gasteiger partial charge in [-0.05, 0) is 56.7 Å². The van der Waals surface area contributed by atoms with E-state index < -0.39 is 35.0 Å². The average molecular weight is 457 g/mol. The van der Waals surface area contributed by atoms with Gasteiger partial charge in [-0.25, -0.2) is 14.1 Å². The van der Waals surface area contributed by atoms with Crippen LogP contribution in [-0.2, 0) is 15.7 Å². The van der Waals surface area contributed by atoms with Gasteiger partial charge in [0, 0.05) is 39.4 Å². The average Bonchev–Trinajstić information content (AvgIpc) is 2.95. The van der Waals surface area contributed by atoms with Crippen LogP contribution in [0.15, 0.2) is 18.2 Å². The highest BCUT2D eigenvalue weighted by atomic mass is 19.4. The van der Waals surface area contributed by atoms with Crippen LogP contribution in [0.25, 0.3) is 0 Å². The van der Waals surface area contributed by atoms with Crippen molar-refractivity contribution in [1.82, 2.24) is 9.80 Å². The monoisotopic (exact) mass is 457 g/mol. The van der Waals surface area contributed by atoms with Crippen molar-refractivity contribution >= 4 is 17.6 Å². The Kier molecular flexibility index (Phi) is 6.19. The second-order valence-electron chi connectivity index (χ2n) is 8.75. The van der Waals surface area contributed by atoms with Gasteiger partial charge in [-0.1, -0.05) is 0 Å². The Labute approximate surface area is 184 Å². The highest BCUT2D eigenvalue weighted by Gasteiger charge is 2.58. The number of benzene rings is 1. The van der Waals surface area contributed by atoms with Crippen molar-refractivity contribution in [3.63, 3.8) is 0 Å². The molecule has 10 heteroatoms. The van der Waals surface area contributed by atoms with Crippen LogP contribution in [0.3, 0.4) is 0 Å². The summed E-state index contributed by atoms with van der Waals surface area (Å²) in [7, 11) is 0. The zero-order chi connectivity index (χ0) is 23.1.